The fourth-order valence-corrected chi connectivity index (χ4v) is 2.00. The highest BCUT2D eigenvalue weighted by Gasteiger charge is 2.17. The molecular weight excluding hydrogens is 270 g/mol. The molecule has 0 fully saturated rings. The first kappa shape index (κ1) is 11.0. The molecule has 0 radical (unpaired) electrons. The SMILES string of the molecule is C/C(N)=C1/NCC(=O)Nc2ccc(Br)cc21. The summed E-state index contributed by atoms with van der Waals surface area (Å²) in [4.78, 5) is 11.5. The third-order valence-corrected chi connectivity index (χ3v) is 2.84. The standard InChI is InChI=1S/C11H12BrN3O/c1-6(13)11-8-4-7(12)2-3-9(8)15-10(16)5-14-11/h2-4,14H,5,13H2,1H3,(H,15,16)/b11-6-. The van der Waals surface area contributed by atoms with Crippen molar-refractivity contribution in [3.63, 3.8) is 0 Å². The van der Waals surface area contributed by atoms with Gasteiger partial charge < -0.3 is 16.4 Å². The zero-order chi connectivity index (χ0) is 11.7. The van der Waals surface area contributed by atoms with Gasteiger partial charge >= 0.3 is 0 Å². The Hall–Kier alpha value is -1.49. The molecular formula is C11H12BrN3O. The number of hydrogen-bond donors (Lipinski definition) is 3. The predicted octanol–water partition coefficient (Wildman–Crippen LogP) is 1.64. The van der Waals surface area contributed by atoms with Gasteiger partial charge in [0.1, 0.15) is 0 Å². The van der Waals surface area contributed by atoms with Crippen LogP contribution in [0.5, 0.6) is 0 Å². The number of anilines is 1. The van der Waals surface area contributed by atoms with Crippen LogP contribution in [0.2, 0.25) is 0 Å². The van der Waals surface area contributed by atoms with Crippen molar-refractivity contribution in [1.82, 2.24) is 5.32 Å². The number of halogens is 1. The number of allylic oxidation sites excluding steroid dienone is 1. The first-order chi connectivity index (χ1) is 7.58. The summed E-state index contributed by atoms with van der Waals surface area (Å²) in [5.41, 5.74) is 8.95. The van der Waals surface area contributed by atoms with Crippen molar-refractivity contribution >= 4 is 33.2 Å². The monoisotopic (exact) mass is 281 g/mol. The number of rotatable bonds is 0. The van der Waals surface area contributed by atoms with Crippen molar-refractivity contribution in [2.45, 2.75) is 6.92 Å². The maximum atomic E-state index is 11.5. The second-order valence-corrected chi connectivity index (χ2v) is 4.57. The highest BCUT2D eigenvalue weighted by atomic mass is 79.9. The second-order valence-electron chi connectivity index (χ2n) is 3.65. The Labute approximate surface area is 102 Å². The van der Waals surface area contributed by atoms with Crippen LogP contribution in [0.25, 0.3) is 5.70 Å². The van der Waals surface area contributed by atoms with Crippen LogP contribution in [0.4, 0.5) is 5.69 Å². The summed E-state index contributed by atoms with van der Waals surface area (Å²) >= 11 is 3.40. The van der Waals surface area contributed by atoms with E-state index in [4.69, 9.17) is 5.73 Å². The van der Waals surface area contributed by atoms with E-state index in [2.05, 4.69) is 26.6 Å². The van der Waals surface area contributed by atoms with Crippen molar-refractivity contribution in [3.8, 4) is 0 Å². The van der Waals surface area contributed by atoms with E-state index in [9.17, 15) is 4.79 Å². The zero-order valence-corrected chi connectivity index (χ0v) is 10.4. The van der Waals surface area contributed by atoms with Crippen LogP contribution in [-0.4, -0.2) is 12.5 Å². The number of fused-ring (bicyclic) bond motifs is 1. The Morgan fingerprint density at radius 1 is 1.50 bits per heavy atom. The molecule has 0 aliphatic carbocycles. The van der Waals surface area contributed by atoms with Gasteiger partial charge in [0.05, 0.1) is 17.9 Å². The Kier molecular flexibility index (Phi) is 2.87. The minimum atomic E-state index is -0.0696. The van der Waals surface area contributed by atoms with Gasteiger partial charge in [0.2, 0.25) is 5.91 Å². The van der Waals surface area contributed by atoms with Crippen molar-refractivity contribution in [2.75, 3.05) is 11.9 Å². The quantitative estimate of drug-likeness (QED) is 0.677. The summed E-state index contributed by atoms with van der Waals surface area (Å²) in [6.45, 7) is 2.04. The van der Waals surface area contributed by atoms with E-state index < -0.39 is 0 Å². The first-order valence-electron chi connectivity index (χ1n) is 4.88. The summed E-state index contributed by atoms with van der Waals surface area (Å²) in [7, 11) is 0. The largest absolute Gasteiger partial charge is 0.401 e. The molecule has 1 heterocycles. The highest BCUT2D eigenvalue weighted by molar-refractivity contribution is 9.10. The Balaban J connectivity index is 2.61. The second kappa shape index (κ2) is 4.17. The highest BCUT2D eigenvalue weighted by Crippen LogP contribution is 2.28. The van der Waals surface area contributed by atoms with Crippen LogP contribution in [-0.2, 0) is 4.79 Å². The number of nitrogens with one attached hydrogen (secondary N) is 2. The molecule has 0 aromatic heterocycles. The fourth-order valence-electron chi connectivity index (χ4n) is 1.64. The molecule has 84 valence electrons. The molecule has 4 N–H and O–H groups in total. The molecule has 1 amide bonds. The summed E-state index contributed by atoms with van der Waals surface area (Å²) in [5, 5.41) is 5.86. The van der Waals surface area contributed by atoms with Gasteiger partial charge in [0.25, 0.3) is 0 Å². The number of carbonyl (C=O) groups is 1. The van der Waals surface area contributed by atoms with Gasteiger partial charge in [-0.15, -0.1) is 0 Å². The number of benzene rings is 1. The van der Waals surface area contributed by atoms with Gasteiger partial charge in [0, 0.05) is 15.7 Å². The van der Waals surface area contributed by atoms with E-state index in [1.807, 2.05) is 25.1 Å². The van der Waals surface area contributed by atoms with Crippen molar-refractivity contribution in [3.05, 3.63) is 33.9 Å². The van der Waals surface area contributed by atoms with Crippen LogP contribution >= 0.6 is 15.9 Å². The van der Waals surface area contributed by atoms with Crippen molar-refractivity contribution in [2.24, 2.45) is 5.73 Å². The van der Waals surface area contributed by atoms with Gasteiger partial charge in [-0.2, -0.15) is 0 Å². The summed E-state index contributed by atoms with van der Waals surface area (Å²) in [5.74, 6) is -0.0696. The lowest BCUT2D eigenvalue weighted by molar-refractivity contribution is -0.115. The van der Waals surface area contributed by atoms with Gasteiger partial charge in [-0.25, -0.2) is 0 Å². The van der Waals surface area contributed by atoms with Gasteiger partial charge in [-0.3, -0.25) is 4.79 Å². The average Bonchev–Trinajstić information content (AvgIpc) is 2.36. The van der Waals surface area contributed by atoms with E-state index in [0.717, 1.165) is 21.4 Å². The zero-order valence-electron chi connectivity index (χ0n) is 8.80. The normalized spacial score (nSPS) is 18.0. The van der Waals surface area contributed by atoms with Crippen LogP contribution in [0.1, 0.15) is 12.5 Å². The van der Waals surface area contributed by atoms with Crippen molar-refractivity contribution < 1.29 is 4.79 Å². The molecule has 0 spiro atoms. The lowest BCUT2D eigenvalue weighted by Crippen LogP contribution is -2.24. The molecule has 1 aromatic carbocycles. The number of carbonyl (C=O) groups excluding carboxylic acids is 1. The third kappa shape index (κ3) is 2.04. The topological polar surface area (TPSA) is 67.1 Å². The molecule has 16 heavy (non-hydrogen) atoms. The van der Waals surface area contributed by atoms with Crippen LogP contribution < -0.4 is 16.4 Å². The van der Waals surface area contributed by atoms with E-state index in [0.29, 0.717) is 5.70 Å². The maximum Gasteiger partial charge on any atom is 0.243 e. The smallest absolute Gasteiger partial charge is 0.243 e. The lowest BCUT2D eigenvalue weighted by atomic mass is 10.1. The third-order valence-electron chi connectivity index (χ3n) is 2.35. The Morgan fingerprint density at radius 2 is 2.25 bits per heavy atom. The number of nitrogens with two attached hydrogens (primary N) is 1. The fraction of sp³-hybridized carbons (Fsp3) is 0.182. The summed E-state index contributed by atoms with van der Waals surface area (Å²) in [6, 6.07) is 5.67. The maximum absolute atomic E-state index is 11.5. The van der Waals surface area contributed by atoms with Gasteiger partial charge in [-0.05, 0) is 25.1 Å². The molecule has 0 atom stereocenters. The van der Waals surface area contributed by atoms with Crippen molar-refractivity contribution in [1.29, 1.82) is 0 Å². The minimum absolute atomic E-state index is 0.0696. The molecule has 0 unspecified atom stereocenters. The first-order valence-corrected chi connectivity index (χ1v) is 5.67. The predicted molar refractivity (Wildman–Crippen MR) is 67.6 cm³/mol. The molecule has 2 rings (SSSR count). The number of hydrogen-bond acceptors (Lipinski definition) is 3. The van der Waals surface area contributed by atoms with E-state index in [-0.39, 0.29) is 12.5 Å². The van der Waals surface area contributed by atoms with Crippen LogP contribution in [0.3, 0.4) is 0 Å². The Morgan fingerprint density at radius 3 is 2.94 bits per heavy atom. The van der Waals surface area contributed by atoms with E-state index in [1.54, 1.807) is 0 Å². The molecule has 0 saturated carbocycles. The Bertz CT molecular complexity index is 478. The number of amides is 1. The van der Waals surface area contributed by atoms with Gasteiger partial charge in [0.15, 0.2) is 0 Å². The summed E-state index contributed by atoms with van der Waals surface area (Å²) < 4.78 is 0.947. The lowest BCUT2D eigenvalue weighted by Gasteiger charge is -2.11. The molecule has 4 nitrogen and oxygen atoms in total. The molecule has 0 saturated heterocycles. The minimum Gasteiger partial charge on any atom is -0.401 e. The average molecular weight is 282 g/mol. The van der Waals surface area contributed by atoms with Crippen LogP contribution in [0, 0.1) is 0 Å². The van der Waals surface area contributed by atoms with E-state index >= 15 is 0 Å². The van der Waals surface area contributed by atoms with Gasteiger partial charge in [-0.1, -0.05) is 15.9 Å². The molecule has 5 heteroatoms. The van der Waals surface area contributed by atoms with E-state index in [1.165, 1.54) is 0 Å². The molecule has 1 aliphatic rings. The molecule has 0 bridgehead atoms. The summed E-state index contributed by atoms with van der Waals surface area (Å²) in [6.07, 6.45) is 0. The molecule has 1 aliphatic heterocycles. The van der Waals surface area contributed by atoms with Crippen LogP contribution in [0.15, 0.2) is 28.4 Å². The molecule has 1 aromatic rings.